The third-order valence-corrected chi connectivity index (χ3v) is 5.18. The van der Waals surface area contributed by atoms with Gasteiger partial charge < -0.3 is 20.1 Å². The first-order valence-corrected chi connectivity index (χ1v) is 10.1. The lowest BCUT2D eigenvalue weighted by atomic mass is 10.1. The van der Waals surface area contributed by atoms with Gasteiger partial charge in [0.25, 0.3) is 5.91 Å². The molecule has 0 heterocycles. The van der Waals surface area contributed by atoms with E-state index in [0.717, 1.165) is 27.6 Å². The van der Waals surface area contributed by atoms with Crippen LogP contribution < -0.4 is 20.1 Å². The Balaban J connectivity index is 1.53. The molecular formula is C23H22Cl2N2O3. The fourth-order valence-corrected chi connectivity index (χ4v) is 3.21. The standard InChI is InChI=1S/C23H22Cl2N2O3/c1-15-19(24)4-3-5-21(15)26-13-16-6-11-22(20(25)12-16)30-14-23(28)27-17-7-9-18(29-2)10-8-17/h3-12,26H,13-14H2,1-2H3,(H,27,28). The van der Waals surface area contributed by atoms with Crippen molar-refractivity contribution in [2.45, 2.75) is 13.5 Å². The van der Waals surface area contributed by atoms with Gasteiger partial charge in [0.1, 0.15) is 11.5 Å². The highest BCUT2D eigenvalue weighted by Gasteiger charge is 2.08. The second kappa shape index (κ2) is 10.2. The molecule has 0 aliphatic rings. The van der Waals surface area contributed by atoms with Crippen LogP contribution in [-0.4, -0.2) is 19.6 Å². The summed E-state index contributed by atoms with van der Waals surface area (Å²) in [4.78, 5) is 12.1. The van der Waals surface area contributed by atoms with Gasteiger partial charge in [-0.3, -0.25) is 4.79 Å². The maximum absolute atomic E-state index is 12.1. The summed E-state index contributed by atoms with van der Waals surface area (Å²) in [5, 5.41) is 7.26. The summed E-state index contributed by atoms with van der Waals surface area (Å²) in [5.74, 6) is 0.888. The molecular weight excluding hydrogens is 423 g/mol. The molecule has 1 amide bonds. The summed E-state index contributed by atoms with van der Waals surface area (Å²) >= 11 is 12.5. The Morgan fingerprint density at radius 1 is 1.00 bits per heavy atom. The van der Waals surface area contributed by atoms with Crippen molar-refractivity contribution in [2.24, 2.45) is 0 Å². The van der Waals surface area contributed by atoms with Crippen LogP contribution in [0.5, 0.6) is 11.5 Å². The molecule has 0 bridgehead atoms. The molecule has 0 aliphatic heterocycles. The lowest BCUT2D eigenvalue weighted by Crippen LogP contribution is -2.20. The van der Waals surface area contributed by atoms with E-state index in [9.17, 15) is 4.79 Å². The first-order chi connectivity index (χ1) is 14.5. The van der Waals surface area contributed by atoms with Crippen LogP contribution >= 0.6 is 23.2 Å². The maximum Gasteiger partial charge on any atom is 0.262 e. The van der Waals surface area contributed by atoms with Crippen molar-refractivity contribution in [3.8, 4) is 11.5 Å². The number of carbonyl (C=O) groups is 1. The van der Waals surface area contributed by atoms with Gasteiger partial charge in [0.05, 0.1) is 12.1 Å². The van der Waals surface area contributed by atoms with Crippen LogP contribution in [-0.2, 0) is 11.3 Å². The van der Waals surface area contributed by atoms with E-state index >= 15 is 0 Å². The Kier molecular flexibility index (Phi) is 7.44. The molecule has 5 nitrogen and oxygen atoms in total. The van der Waals surface area contributed by atoms with Crippen molar-refractivity contribution in [1.82, 2.24) is 0 Å². The zero-order chi connectivity index (χ0) is 21.5. The van der Waals surface area contributed by atoms with Gasteiger partial charge in [-0.25, -0.2) is 0 Å². The number of amides is 1. The monoisotopic (exact) mass is 444 g/mol. The average molecular weight is 445 g/mol. The molecule has 0 unspecified atom stereocenters. The van der Waals surface area contributed by atoms with Crippen LogP contribution in [0.15, 0.2) is 60.7 Å². The van der Waals surface area contributed by atoms with Crippen LogP contribution in [0.3, 0.4) is 0 Å². The molecule has 30 heavy (non-hydrogen) atoms. The van der Waals surface area contributed by atoms with Gasteiger partial charge in [-0.15, -0.1) is 0 Å². The summed E-state index contributed by atoms with van der Waals surface area (Å²) in [5.41, 5.74) is 3.60. The van der Waals surface area contributed by atoms with Gasteiger partial charge in [-0.05, 0) is 66.6 Å². The first-order valence-electron chi connectivity index (χ1n) is 9.30. The molecule has 0 fully saturated rings. The number of carbonyl (C=O) groups excluding carboxylic acids is 1. The van der Waals surface area contributed by atoms with Crippen molar-refractivity contribution < 1.29 is 14.3 Å². The summed E-state index contributed by atoms with van der Waals surface area (Å²) in [7, 11) is 1.59. The largest absolute Gasteiger partial charge is 0.497 e. The summed E-state index contributed by atoms with van der Waals surface area (Å²) < 4.78 is 10.7. The Bertz CT molecular complexity index is 1020. The Labute approximate surface area is 185 Å². The number of rotatable bonds is 8. The minimum absolute atomic E-state index is 0.148. The van der Waals surface area contributed by atoms with Crippen LogP contribution in [0.25, 0.3) is 0 Å². The Hall–Kier alpha value is -2.89. The van der Waals surface area contributed by atoms with Crippen LogP contribution in [0.1, 0.15) is 11.1 Å². The zero-order valence-corrected chi connectivity index (χ0v) is 18.2. The van der Waals surface area contributed by atoms with E-state index in [2.05, 4.69) is 10.6 Å². The van der Waals surface area contributed by atoms with Gasteiger partial charge in [0.2, 0.25) is 0 Å². The number of benzene rings is 3. The maximum atomic E-state index is 12.1. The molecule has 0 saturated carbocycles. The van der Waals surface area contributed by atoms with E-state index < -0.39 is 0 Å². The van der Waals surface area contributed by atoms with E-state index in [1.54, 1.807) is 37.4 Å². The first kappa shape index (κ1) is 21.8. The molecule has 0 aliphatic carbocycles. The molecule has 2 N–H and O–H groups in total. The van der Waals surface area contributed by atoms with Crippen LogP contribution in [0.4, 0.5) is 11.4 Å². The molecule has 0 aromatic heterocycles. The average Bonchev–Trinajstić information content (AvgIpc) is 2.74. The summed E-state index contributed by atoms with van der Waals surface area (Å²) in [6.07, 6.45) is 0. The lowest BCUT2D eigenvalue weighted by Gasteiger charge is -2.13. The minimum atomic E-state index is -0.279. The third-order valence-electron chi connectivity index (χ3n) is 4.48. The predicted molar refractivity (Wildman–Crippen MR) is 122 cm³/mol. The quantitative estimate of drug-likeness (QED) is 0.451. The van der Waals surface area contributed by atoms with Crippen molar-refractivity contribution in [2.75, 3.05) is 24.4 Å². The highest BCUT2D eigenvalue weighted by molar-refractivity contribution is 6.32. The molecule has 0 spiro atoms. The van der Waals surface area contributed by atoms with Crippen molar-refractivity contribution in [3.63, 3.8) is 0 Å². The van der Waals surface area contributed by atoms with Crippen molar-refractivity contribution >= 4 is 40.5 Å². The van der Waals surface area contributed by atoms with E-state index in [0.29, 0.717) is 23.0 Å². The third kappa shape index (κ3) is 5.81. The Morgan fingerprint density at radius 3 is 2.47 bits per heavy atom. The number of halogens is 2. The normalized spacial score (nSPS) is 10.4. The second-order valence-electron chi connectivity index (χ2n) is 6.60. The van der Waals surface area contributed by atoms with E-state index in [1.807, 2.05) is 37.3 Å². The van der Waals surface area contributed by atoms with Crippen molar-refractivity contribution in [3.05, 3.63) is 81.8 Å². The molecule has 0 saturated heterocycles. The predicted octanol–water partition coefficient (Wildman–Crippen LogP) is 5.94. The molecule has 3 aromatic carbocycles. The molecule has 3 rings (SSSR count). The summed E-state index contributed by atoms with van der Waals surface area (Å²) in [6, 6.07) is 18.2. The van der Waals surface area contributed by atoms with Gasteiger partial charge in [0, 0.05) is 22.9 Å². The number of hydrogen-bond donors (Lipinski definition) is 2. The molecule has 7 heteroatoms. The fraction of sp³-hybridized carbons (Fsp3) is 0.174. The molecule has 3 aromatic rings. The SMILES string of the molecule is COc1ccc(NC(=O)COc2ccc(CNc3cccc(Cl)c3C)cc2Cl)cc1. The van der Waals surface area contributed by atoms with Gasteiger partial charge in [-0.1, -0.05) is 35.3 Å². The zero-order valence-electron chi connectivity index (χ0n) is 16.7. The van der Waals surface area contributed by atoms with E-state index in [1.165, 1.54) is 0 Å². The number of hydrogen-bond acceptors (Lipinski definition) is 4. The summed E-state index contributed by atoms with van der Waals surface area (Å²) in [6.45, 7) is 2.40. The Morgan fingerprint density at radius 2 is 1.77 bits per heavy atom. The van der Waals surface area contributed by atoms with E-state index in [-0.39, 0.29) is 12.5 Å². The minimum Gasteiger partial charge on any atom is -0.497 e. The second-order valence-corrected chi connectivity index (χ2v) is 7.41. The number of methoxy groups -OCH3 is 1. The smallest absolute Gasteiger partial charge is 0.262 e. The topological polar surface area (TPSA) is 59.6 Å². The highest BCUT2D eigenvalue weighted by atomic mass is 35.5. The van der Waals surface area contributed by atoms with Crippen molar-refractivity contribution in [1.29, 1.82) is 0 Å². The highest BCUT2D eigenvalue weighted by Crippen LogP contribution is 2.27. The molecule has 0 radical (unpaired) electrons. The van der Waals surface area contributed by atoms with Crippen LogP contribution in [0.2, 0.25) is 10.0 Å². The van der Waals surface area contributed by atoms with Gasteiger partial charge >= 0.3 is 0 Å². The number of anilines is 2. The van der Waals surface area contributed by atoms with Crippen LogP contribution in [0, 0.1) is 6.92 Å². The molecule has 0 atom stereocenters. The number of ether oxygens (including phenoxy) is 2. The molecule has 156 valence electrons. The van der Waals surface area contributed by atoms with Gasteiger partial charge in [-0.2, -0.15) is 0 Å². The number of nitrogens with one attached hydrogen (secondary N) is 2. The van der Waals surface area contributed by atoms with Gasteiger partial charge in [0.15, 0.2) is 6.61 Å². The van der Waals surface area contributed by atoms with E-state index in [4.69, 9.17) is 32.7 Å². The lowest BCUT2D eigenvalue weighted by molar-refractivity contribution is -0.118. The fourth-order valence-electron chi connectivity index (χ4n) is 2.78.